The van der Waals surface area contributed by atoms with Crippen LogP contribution in [0.4, 0.5) is 5.69 Å². The van der Waals surface area contributed by atoms with Crippen LogP contribution >= 0.6 is 0 Å². The van der Waals surface area contributed by atoms with Crippen LogP contribution in [-0.2, 0) is 6.61 Å². The van der Waals surface area contributed by atoms with E-state index in [1.54, 1.807) is 54.6 Å². The van der Waals surface area contributed by atoms with Crippen molar-refractivity contribution in [1.82, 2.24) is 5.32 Å². The number of amidine groups is 1. The molecule has 0 saturated carbocycles. The van der Waals surface area contributed by atoms with Crippen LogP contribution in [0.2, 0.25) is 0 Å². The van der Waals surface area contributed by atoms with Gasteiger partial charge in [-0.3, -0.25) is 15.0 Å². The molecule has 4 rings (SSSR count). The van der Waals surface area contributed by atoms with Gasteiger partial charge in [-0.2, -0.15) is 0 Å². The van der Waals surface area contributed by atoms with Crippen molar-refractivity contribution in [2.75, 3.05) is 5.32 Å². The molecule has 6 N–H and O–H groups in total. The van der Waals surface area contributed by atoms with Crippen molar-refractivity contribution in [3.8, 4) is 16.9 Å². The topological polar surface area (TPSA) is 155 Å². The Morgan fingerprint density at radius 1 is 0.841 bits per heavy atom. The second-order valence-electron chi connectivity index (χ2n) is 11.5. The quantitative estimate of drug-likeness (QED) is 0.107. The fourth-order valence-electron chi connectivity index (χ4n) is 4.39. The Bertz CT molecular complexity index is 1710. The van der Waals surface area contributed by atoms with E-state index >= 15 is 0 Å². The Kier molecular flexibility index (Phi) is 9.48. The molecule has 0 radical (unpaired) electrons. The van der Waals surface area contributed by atoms with Crippen LogP contribution in [0.15, 0.2) is 91.0 Å². The van der Waals surface area contributed by atoms with E-state index in [0.29, 0.717) is 28.1 Å². The summed E-state index contributed by atoms with van der Waals surface area (Å²) in [4.78, 5) is 38.8. The van der Waals surface area contributed by atoms with Crippen LogP contribution in [0.5, 0.6) is 5.75 Å². The van der Waals surface area contributed by atoms with E-state index in [2.05, 4.69) is 10.6 Å². The lowest BCUT2D eigenvalue weighted by Crippen LogP contribution is -2.41. The van der Waals surface area contributed by atoms with E-state index in [-0.39, 0.29) is 46.5 Å². The fraction of sp³-hybridized carbons (Fsp3) is 0.200. The van der Waals surface area contributed by atoms with Gasteiger partial charge in [0.15, 0.2) is 0 Å². The van der Waals surface area contributed by atoms with Crippen LogP contribution < -0.4 is 21.1 Å². The molecule has 0 bridgehead atoms. The van der Waals surface area contributed by atoms with Crippen LogP contribution in [0, 0.1) is 10.8 Å². The second kappa shape index (κ2) is 13.2. The van der Waals surface area contributed by atoms with E-state index in [4.69, 9.17) is 15.9 Å². The summed E-state index contributed by atoms with van der Waals surface area (Å²) in [5.74, 6) is -1.94. The molecule has 0 aliphatic carbocycles. The lowest BCUT2D eigenvalue weighted by molar-refractivity contribution is 0.0697. The number of carbonyl (C=O) groups is 3. The summed E-state index contributed by atoms with van der Waals surface area (Å²) in [6.07, 6.45) is 0. The Labute approximate surface area is 256 Å². The molecule has 0 saturated heterocycles. The predicted molar refractivity (Wildman–Crippen MR) is 171 cm³/mol. The van der Waals surface area contributed by atoms with E-state index in [1.807, 2.05) is 58.0 Å². The number of aromatic carboxylic acids is 1. The first-order valence-corrected chi connectivity index (χ1v) is 14.1. The van der Waals surface area contributed by atoms with Crippen LogP contribution in [0.3, 0.4) is 0 Å². The van der Waals surface area contributed by atoms with Crippen molar-refractivity contribution in [2.24, 2.45) is 11.1 Å². The fourth-order valence-corrected chi connectivity index (χ4v) is 4.39. The highest BCUT2D eigenvalue weighted by molar-refractivity contribution is 6.11. The summed E-state index contributed by atoms with van der Waals surface area (Å²) in [5.41, 5.74) is 8.30. The molecule has 0 fully saturated rings. The molecular formula is C35H36N4O5. The van der Waals surface area contributed by atoms with E-state index in [0.717, 1.165) is 5.56 Å². The van der Waals surface area contributed by atoms with Crippen molar-refractivity contribution < 1.29 is 24.2 Å². The third-order valence-electron chi connectivity index (χ3n) is 7.39. The zero-order valence-corrected chi connectivity index (χ0v) is 25.1. The van der Waals surface area contributed by atoms with Crippen molar-refractivity contribution >= 4 is 29.3 Å². The Morgan fingerprint density at radius 3 is 2.16 bits per heavy atom. The summed E-state index contributed by atoms with van der Waals surface area (Å²) in [6, 6.07) is 25.2. The standard InChI is InChI=1S/C35H36N4O5/c1-21(35(2,3)4)38-32(40)23-14-16-26(29(18-23)34(42)43)25-12-8-9-13-27(25)33(41)39-24-15-17-28(31(36)37)30(19-24)44-20-22-10-6-5-7-11-22/h5-19,21H,20H2,1-4H3,(H3,36,37)(H,38,40)(H,39,41)(H,42,43). The number of rotatable bonds is 10. The summed E-state index contributed by atoms with van der Waals surface area (Å²) < 4.78 is 5.95. The molecule has 226 valence electrons. The first-order valence-electron chi connectivity index (χ1n) is 14.1. The monoisotopic (exact) mass is 592 g/mol. The minimum Gasteiger partial charge on any atom is -0.488 e. The number of nitrogen functional groups attached to an aromatic ring is 1. The summed E-state index contributed by atoms with van der Waals surface area (Å²) in [6.45, 7) is 8.14. The van der Waals surface area contributed by atoms with Gasteiger partial charge in [0.2, 0.25) is 0 Å². The largest absolute Gasteiger partial charge is 0.488 e. The summed E-state index contributed by atoms with van der Waals surface area (Å²) in [7, 11) is 0. The zero-order chi connectivity index (χ0) is 32.0. The number of hydrogen-bond acceptors (Lipinski definition) is 5. The number of nitrogens with one attached hydrogen (secondary N) is 3. The van der Waals surface area contributed by atoms with Crippen molar-refractivity contribution in [3.63, 3.8) is 0 Å². The van der Waals surface area contributed by atoms with Crippen molar-refractivity contribution in [3.05, 3.63) is 119 Å². The van der Waals surface area contributed by atoms with Gasteiger partial charge >= 0.3 is 5.97 Å². The third-order valence-corrected chi connectivity index (χ3v) is 7.39. The van der Waals surface area contributed by atoms with Gasteiger partial charge in [0.25, 0.3) is 11.8 Å². The van der Waals surface area contributed by atoms with Gasteiger partial charge in [-0.05, 0) is 59.4 Å². The van der Waals surface area contributed by atoms with Gasteiger partial charge in [0, 0.05) is 28.9 Å². The van der Waals surface area contributed by atoms with Gasteiger partial charge in [0.05, 0.1) is 11.1 Å². The van der Waals surface area contributed by atoms with E-state index in [9.17, 15) is 19.5 Å². The van der Waals surface area contributed by atoms with Gasteiger partial charge < -0.3 is 26.2 Å². The second-order valence-corrected chi connectivity index (χ2v) is 11.5. The average Bonchev–Trinajstić information content (AvgIpc) is 2.99. The van der Waals surface area contributed by atoms with E-state index in [1.165, 1.54) is 6.07 Å². The first-order chi connectivity index (χ1) is 20.8. The molecule has 2 amide bonds. The lowest BCUT2D eigenvalue weighted by Gasteiger charge is -2.28. The molecule has 0 heterocycles. The molecule has 1 atom stereocenters. The normalized spacial score (nSPS) is 11.7. The number of carboxylic acid groups (broad SMARTS) is 1. The molecule has 0 aromatic heterocycles. The van der Waals surface area contributed by atoms with Crippen LogP contribution in [0.1, 0.15) is 69.9 Å². The molecule has 1 unspecified atom stereocenters. The molecule has 9 nitrogen and oxygen atoms in total. The Balaban J connectivity index is 1.63. The van der Waals surface area contributed by atoms with Crippen molar-refractivity contribution in [2.45, 2.75) is 40.3 Å². The maximum atomic E-state index is 13.6. The highest BCUT2D eigenvalue weighted by Gasteiger charge is 2.24. The van der Waals surface area contributed by atoms with Gasteiger partial charge in [-0.15, -0.1) is 0 Å². The third kappa shape index (κ3) is 7.49. The molecule has 0 spiro atoms. The molecule has 0 aliphatic rings. The number of nitrogens with two attached hydrogens (primary N) is 1. The summed E-state index contributed by atoms with van der Waals surface area (Å²) in [5, 5.41) is 23.8. The number of anilines is 1. The number of benzene rings is 4. The average molecular weight is 593 g/mol. The predicted octanol–water partition coefficient (Wildman–Crippen LogP) is 6.33. The highest BCUT2D eigenvalue weighted by atomic mass is 16.5. The molecule has 4 aromatic carbocycles. The number of carbonyl (C=O) groups excluding carboxylic acids is 2. The highest BCUT2D eigenvalue weighted by Crippen LogP contribution is 2.30. The van der Waals surface area contributed by atoms with Crippen LogP contribution in [0.25, 0.3) is 11.1 Å². The van der Waals surface area contributed by atoms with Gasteiger partial charge in [0.1, 0.15) is 18.2 Å². The smallest absolute Gasteiger partial charge is 0.336 e. The van der Waals surface area contributed by atoms with Crippen LogP contribution in [-0.4, -0.2) is 34.8 Å². The minimum absolute atomic E-state index is 0.108. The minimum atomic E-state index is -1.23. The number of carboxylic acids is 1. The number of amides is 2. The lowest BCUT2D eigenvalue weighted by atomic mass is 9.88. The van der Waals surface area contributed by atoms with Gasteiger partial charge in [-0.1, -0.05) is 75.4 Å². The molecule has 0 aliphatic heterocycles. The molecule has 9 heteroatoms. The molecular weight excluding hydrogens is 556 g/mol. The Morgan fingerprint density at radius 2 is 1.50 bits per heavy atom. The van der Waals surface area contributed by atoms with Crippen molar-refractivity contribution in [1.29, 1.82) is 5.41 Å². The SMILES string of the molecule is CC(NC(=O)c1ccc(-c2ccccc2C(=O)Nc2ccc(C(=N)N)c(OCc3ccccc3)c2)c(C(=O)O)c1)C(C)(C)C. The van der Waals surface area contributed by atoms with Gasteiger partial charge in [-0.25, -0.2) is 4.79 Å². The Hall–Kier alpha value is -5.44. The number of ether oxygens (including phenoxy) is 1. The zero-order valence-electron chi connectivity index (χ0n) is 25.1. The maximum absolute atomic E-state index is 13.6. The summed E-state index contributed by atoms with van der Waals surface area (Å²) >= 11 is 0. The first kappa shape index (κ1) is 31.5. The number of hydrogen-bond donors (Lipinski definition) is 5. The maximum Gasteiger partial charge on any atom is 0.336 e. The molecule has 44 heavy (non-hydrogen) atoms. The molecule has 4 aromatic rings. The van der Waals surface area contributed by atoms with E-state index < -0.39 is 11.9 Å².